The molecule has 2 saturated heterocycles. The van der Waals surface area contributed by atoms with Crippen molar-refractivity contribution in [3.63, 3.8) is 0 Å². The molecule has 14 heteroatoms. The quantitative estimate of drug-likeness (QED) is 0.312. The Hall–Kier alpha value is -3.22. The highest BCUT2D eigenvalue weighted by Crippen LogP contribution is 2.59. The van der Waals surface area contributed by atoms with Gasteiger partial charge in [-0.1, -0.05) is 36.4 Å². The summed E-state index contributed by atoms with van der Waals surface area (Å²) in [4.78, 5) is 62.5. The van der Waals surface area contributed by atoms with E-state index in [1.165, 1.54) is 12.1 Å². The molecule has 3 heterocycles. The minimum absolute atomic E-state index is 0.0726. The first-order valence-corrected chi connectivity index (χ1v) is 16.9. The van der Waals surface area contributed by atoms with Gasteiger partial charge in [-0.15, -0.1) is 11.3 Å². The molecule has 3 atom stereocenters. The number of nitrogens with one attached hydrogen (secondary N) is 1. The molecule has 1 aromatic heterocycles. The van der Waals surface area contributed by atoms with Gasteiger partial charge in [-0.05, 0) is 60.7 Å². The van der Waals surface area contributed by atoms with Crippen LogP contribution in [-0.4, -0.2) is 75.6 Å². The fourth-order valence-corrected chi connectivity index (χ4v) is 7.35. The normalized spacial score (nSPS) is 21.8. The number of carbonyl (C=O) groups excluding carboxylic acids is 3. The van der Waals surface area contributed by atoms with Gasteiger partial charge in [0.2, 0.25) is 11.8 Å². The van der Waals surface area contributed by atoms with Crippen molar-refractivity contribution in [2.45, 2.75) is 49.5 Å². The number of hydrogen-bond donors (Lipinski definition) is 3. The Bertz CT molecular complexity index is 1630. The van der Waals surface area contributed by atoms with Gasteiger partial charge in [-0.25, -0.2) is 0 Å². The predicted molar refractivity (Wildman–Crippen MR) is 158 cm³/mol. The number of thiophene rings is 1. The second-order valence-corrected chi connectivity index (χ2v) is 14.2. The molecule has 2 aliphatic heterocycles. The van der Waals surface area contributed by atoms with Crippen molar-refractivity contribution in [1.82, 2.24) is 15.1 Å². The summed E-state index contributed by atoms with van der Waals surface area (Å²) in [5, 5.41) is 3.06. The van der Waals surface area contributed by atoms with E-state index in [-0.39, 0.29) is 34.1 Å². The number of rotatable bonds is 8. The Kier molecular flexibility index (Phi) is 8.36. The van der Waals surface area contributed by atoms with Gasteiger partial charge >= 0.3 is 13.3 Å². The molecule has 3 fully saturated rings. The highest BCUT2D eigenvalue weighted by molar-refractivity contribution is 7.52. The predicted octanol–water partition coefficient (Wildman–Crippen LogP) is 4.23. The van der Waals surface area contributed by atoms with E-state index in [2.05, 4.69) is 5.32 Å². The zero-order valence-electron chi connectivity index (χ0n) is 23.6. The van der Waals surface area contributed by atoms with Crippen molar-refractivity contribution in [3.8, 4) is 0 Å². The monoisotopic (exact) mass is 647 g/mol. The zero-order valence-corrected chi connectivity index (χ0v) is 25.3. The molecule has 3 N–H and O–H groups in total. The molecule has 3 aliphatic rings. The van der Waals surface area contributed by atoms with Crippen LogP contribution in [0.4, 0.5) is 8.78 Å². The van der Waals surface area contributed by atoms with Crippen molar-refractivity contribution in [1.29, 1.82) is 0 Å². The van der Waals surface area contributed by atoms with Crippen LogP contribution in [0.1, 0.15) is 52.6 Å². The topological polar surface area (TPSA) is 136 Å². The number of halogens is 2. The number of hydrogen-bond acceptors (Lipinski definition) is 6. The number of carbonyl (C=O) groups is 3. The fourth-order valence-electron chi connectivity index (χ4n) is 5.93. The molecule has 0 bridgehead atoms. The van der Waals surface area contributed by atoms with Gasteiger partial charge in [0.05, 0.1) is 18.0 Å². The molecule has 10 nitrogen and oxygen atoms in total. The number of alkyl halides is 2. The molecular formula is C30H32F2N3O7PS. The van der Waals surface area contributed by atoms with E-state index in [1.807, 2.05) is 30.3 Å². The van der Waals surface area contributed by atoms with Crippen LogP contribution in [0.25, 0.3) is 10.1 Å². The average molecular weight is 648 g/mol. The lowest BCUT2D eigenvalue weighted by Gasteiger charge is -2.37. The summed E-state index contributed by atoms with van der Waals surface area (Å²) in [5.74, 6) is -1.07. The maximum atomic E-state index is 14.3. The lowest BCUT2D eigenvalue weighted by atomic mass is 10.1. The molecule has 3 aromatic rings. The van der Waals surface area contributed by atoms with Crippen LogP contribution in [0, 0.1) is 5.92 Å². The first kappa shape index (κ1) is 30.8. The second kappa shape index (κ2) is 11.9. The first-order chi connectivity index (χ1) is 20.9. The Labute approximate surface area is 256 Å². The summed E-state index contributed by atoms with van der Waals surface area (Å²) in [5.41, 5.74) is -4.24. The summed E-state index contributed by atoms with van der Waals surface area (Å²) >= 11 is 1.02. The van der Waals surface area contributed by atoms with Crippen molar-refractivity contribution < 1.29 is 42.3 Å². The lowest BCUT2D eigenvalue weighted by Crippen LogP contribution is -2.56. The van der Waals surface area contributed by atoms with E-state index >= 15 is 0 Å². The van der Waals surface area contributed by atoms with Crippen LogP contribution in [0.2, 0.25) is 0 Å². The molecule has 0 spiro atoms. The molecule has 1 aliphatic carbocycles. The van der Waals surface area contributed by atoms with Gasteiger partial charge in [0, 0.05) is 23.4 Å². The van der Waals surface area contributed by atoms with Crippen LogP contribution >= 0.6 is 18.9 Å². The van der Waals surface area contributed by atoms with Gasteiger partial charge < -0.3 is 29.6 Å². The van der Waals surface area contributed by atoms with Crippen LogP contribution in [0.3, 0.4) is 0 Å². The smallest absolute Gasteiger partial charge is 0.370 e. The van der Waals surface area contributed by atoms with Gasteiger partial charge in [0.1, 0.15) is 18.2 Å². The second-order valence-electron chi connectivity index (χ2n) is 11.5. The molecule has 234 valence electrons. The highest BCUT2D eigenvalue weighted by Gasteiger charge is 2.50. The Balaban J connectivity index is 1.16. The molecule has 2 aromatic carbocycles. The molecule has 1 saturated carbocycles. The van der Waals surface area contributed by atoms with E-state index in [4.69, 9.17) is 14.5 Å². The molecule has 44 heavy (non-hydrogen) atoms. The summed E-state index contributed by atoms with van der Waals surface area (Å²) in [7, 11) is -5.75. The third-order valence-electron chi connectivity index (χ3n) is 8.47. The number of amides is 3. The molecule has 0 unspecified atom stereocenters. The summed E-state index contributed by atoms with van der Waals surface area (Å²) in [6, 6.07) is 12.7. The number of benzene rings is 2. The van der Waals surface area contributed by atoms with Crippen molar-refractivity contribution in [2.24, 2.45) is 5.92 Å². The number of nitrogens with zero attached hydrogens (tertiary/aromatic N) is 2. The van der Waals surface area contributed by atoms with Crippen molar-refractivity contribution in [2.75, 3.05) is 26.2 Å². The van der Waals surface area contributed by atoms with E-state index in [0.29, 0.717) is 43.8 Å². The van der Waals surface area contributed by atoms with E-state index < -0.39 is 36.8 Å². The van der Waals surface area contributed by atoms with E-state index in [9.17, 15) is 27.7 Å². The minimum Gasteiger partial charge on any atom is -0.370 e. The Morgan fingerprint density at radius 3 is 2.50 bits per heavy atom. The highest BCUT2D eigenvalue weighted by atomic mass is 32.1. The third-order valence-corrected chi connectivity index (χ3v) is 10.6. The summed E-state index contributed by atoms with van der Waals surface area (Å²) in [6.07, 6.45) is 2.44. The van der Waals surface area contributed by atoms with Gasteiger partial charge in [-0.3, -0.25) is 18.9 Å². The lowest BCUT2D eigenvalue weighted by molar-refractivity contribution is -0.149. The number of morpholine rings is 1. The maximum Gasteiger partial charge on any atom is 0.399 e. The number of fused-ring (bicyclic) bond motifs is 1. The first-order valence-electron chi connectivity index (χ1n) is 14.5. The third kappa shape index (κ3) is 6.03. The number of ether oxygens (including phenoxy) is 1. The van der Waals surface area contributed by atoms with Crippen molar-refractivity contribution in [3.05, 3.63) is 70.6 Å². The van der Waals surface area contributed by atoms with E-state index in [1.54, 1.807) is 9.80 Å². The largest absolute Gasteiger partial charge is 0.399 e. The van der Waals surface area contributed by atoms with Gasteiger partial charge in [0.15, 0.2) is 0 Å². The SMILES string of the molecule is O=C(N[C@H](C(=O)N1CCC[C@H]1C(=O)N1CCO[C@H](c2ccccc2)C1)C1CC1)c1cc2cc(C(F)(F)P(=O)(O)O)ccc2s1. The number of likely N-dealkylation sites (tertiary alicyclic amines) is 1. The van der Waals surface area contributed by atoms with E-state index in [0.717, 1.165) is 41.9 Å². The Morgan fingerprint density at radius 2 is 1.80 bits per heavy atom. The molecule has 3 amide bonds. The minimum atomic E-state index is -5.75. The van der Waals surface area contributed by atoms with Crippen LogP contribution in [0.15, 0.2) is 54.6 Å². The molecular weight excluding hydrogens is 615 g/mol. The van der Waals surface area contributed by atoms with Crippen LogP contribution in [-0.2, 0) is 24.6 Å². The van der Waals surface area contributed by atoms with Crippen LogP contribution in [0.5, 0.6) is 0 Å². The maximum absolute atomic E-state index is 14.3. The zero-order chi connectivity index (χ0) is 31.2. The molecule has 0 radical (unpaired) electrons. The van der Waals surface area contributed by atoms with Gasteiger partial charge in [0.25, 0.3) is 5.91 Å². The average Bonchev–Trinajstić information content (AvgIpc) is 3.56. The summed E-state index contributed by atoms with van der Waals surface area (Å²) in [6.45, 7) is 1.61. The van der Waals surface area contributed by atoms with Crippen molar-refractivity contribution >= 4 is 46.7 Å². The Morgan fingerprint density at radius 1 is 1.05 bits per heavy atom. The van der Waals surface area contributed by atoms with Gasteiger partial charge in [-0.2, -0.15) is 8.78 Å². The van der Waals surface area contributed by atoms with Crippen LogP contribution < -0.4 is 5.32 Å². The fraction of sp³-hybridized carbons (Fsp3) is 0.433. The standard InChI is InChI=1S/C30H32F2N3O7PS/c31-30(32,43(39,40)41)21-10-11-24-20(15-21)16-25(44-24)27(36)33-26(19-8-9-19)29(38)35-12-4-7-22(35)28(37)34-13-14-42-23(17-34)18-5-2-1-3-6-18/h1-3,5-6,10-11,15-16,19,22-23,26H,4,7-9,12-14,17H2,(H,33,36)(H2,39,40,41)/t22-,23-,26-/m0/s1. The molecule has 6 rings (SSSR count). The summed E-state index contributed by atoms with van der Waals surface area (Å²) < 4.78 is 46.2.